The van der Waals surface area contributed by atoms with Crippen LogP contribution in [0.3, 0.4) is 0 Å². The van der Waals surface area contributed by atoms with Crippen LogP contribution in [-0.4, -0.2) is 23.1 Å². The molecule has 1 aromatic carbocycles. The van der Waals surface area contributed by atoms with Crippen LogP contribution in [0, 0.1) is 13.8 Å². The summed E-state index contributed by atoms with van der Waals surface area (Å²) in [7, 11) is 0. The Morgan fingerprint density at radius 2 is 1.86 bits per heavy atom. The molecule has 1 aliphatic heterocycles. The number of aromatic nitrogens is 2. The van der Waals surface area contributed by atoms with Crippen LogP contribution in [0.4, 0.5) is 17.5 Å². The molecule has 3 rings (SSSR count). The van der Waals surface area contributed by atoms with Gasteiger partial charge in [0.2, 0.25) is 5.95 Å². The smallest absolute Gasteiger partial charge is 0.229 e. The summed E-state index contributed by atoms with van der Waals surface area (Å²) in [6.07, 6.45) is 2.50. The largest absolute Gasteiger partial charge is 0.356 e. The molecule has 110 valence electrons. The van der Waals surface area contributed by atoms with Gasteiger partial charge >= 0.3 is 0 Å². The van der Waals surface area contributed by atoms with Gasteiger partial charge in [0.05, 0.1) is 0 Å². The molecule has 0 atom stereocenters. The predicted octanol–water partition coefficient (Wildman–Crippen LogP) is 4.20. The standard InChI is InChI=1S/C16H19BrN4/c1-11-9-13(5-6-14(11)17)19-16-18-12(2)10-15(20-16)21-7-3-4-8-21/h5-6,9-10H,3-4,7-8H2,1-2H3,(H,18,19,20). The van der Waals surface area contributed by atoms with Crippen LogP contribution >= 0.6 is 15.9 Å². The van der Waals surface area contributed by atoms with Crippen molar-refractivity contribution < 1.29 is 0 Å². The normalized spacial score (nSPS) is 14.5. The molecule has 2 heterocycles. The van der Waals surface area contributed by atoms with Crippen LogP contribution in [0.5, 0.6) is 0 Å². The van der Waals surface area contributed by atoms with Crippen molar-refractivity contribution in [3.05, 3.63) is 40.0 Å². The molecule has 1 saturated heterocycles. The molecule has 0 radical (unpaired) electrons. The minimum Gasteiger partial charge on any atom is -0.356 e. The molecule has 0 saturated carbocycles. The summed E-state index contributed by atoms with van der Waals surface area (Å²) >= 11 is 3.52. The van der Waals surface area contributed by atoms with Crippen molar-refractivity contribution in [3.8, 4) is 0 Å². The van der Waals surface area contributed by atoms with E-state index >= 15 is 0 Å². The van der Waals surface area contributed by atoms with Gasteiger partial charge in [0.25, 0.3) is 0 Å². The van der Waals surface area contributed by atoms with Crippen molar-refractivity contribution in [1.29, 1.82) is 0 Å². The lowest BCUT2D eigenvalue weighted by molar-refractivity contribution is 0.923. The van der Waals surface area contributed by atoms with Gasteiger partial charge < -0.3 is 10.2 Å². The number of anilines is 3. The highest BCUT2D eigenvalue weighted by molar-refractivity contribution is 9.10. The lowest BCUT2D eigenvalue weighted by Crippen LogP contribution is -2.19. The van der Waals surface area contributed by atoms with Crippen LogP contribution in [0.25, 0.3) is 0 Å². The first-order valence-corrected chi connectivity index (χ1v) is 8.05. The number of hydrogen-bond donors (Lipinski definition) is 1. The van der Waals surface area contributed by atoms with E-state index in [4.69, 9.17) is 0 Å². The average molecular weight is 347 g/mol. The van der Waals surface area contributed by atoms with E-state index in [-0.39, 0.29) is 0 Å². The number of benzene rings is 1. The zero-order valence-corrected chi connectivity index (χ0v) is 13.9. The van der Waals surface area contributed by atoms with Gasteiger partial charge in [-0.3, -0.25) is 0 Å². The molecule has 1 N–H and O–H groups in total. The Hall–Kier alpha value is -1.62. The fourth-order valence-corrected chi connectivity index (χ4v) is 2.81. The van der Waals surface area contributed by atoms with Crippen molar-refractivity contribution in [3.63, 3.8) is 0 Å². The molecule has 1 aliphatic rings. The molecule has 4 nitrogen and oxygen atoms in total. The topological polar surface area (TPSA) is 41.1 Å². The van der Waals surface area contributed by atoms with Crippen molar-refractivity contribution >= 4 is 33.4 Å². The van der Waals surface area contributed by atoms with Gasteiger partial charge in [-0.1, -0.05) is 15.9 Å². The quantitative estimate of drug-likeness (QED) is 0.904. The molecule has 0 aliphatic carbocycles. The number of aryl methyl sites for hydroxylation is 2. The first-order valence-electron chi connectivity index (χ1n) is 7.25. The van der Waals surface area contributed by atoms with Crippen LogP contribution < -0.4 is 10.2 Å². The average Bonchev–Trinajstić information content (AvgIpc) is 2.96. The van der Waals surface area contributed by atoms with Crippen LogP contribution in [0.2, 0.25) is 0 Å². The van der Waals surface area contributed by atoms with Crippen LogP contribution in [0.15, 0.2) is 28.7 Å². The van der Waals surface area contributed by atoms with E-state index in [2.05, 4.69) is 55.2 Å². The minimum atomic E-state index is 0.665. The highest BCUT2D eigenvalue weighted by atomic mass is 79.9. The number of nitrogens with zero attached hydrogens (tertiary/aromatic N) is 3. The second-order valence-electron chi connectivity index (χ2n) is 5.47. The summed E-state index contributed by atoms with van der Waals surface area (Å²) in [5.74, 6) is 1.69. The molecular weight excluding hydrogens is 328 g/mol. The molecule has 21 heavy (non-hydrogen) atoms. The van der Waals surface area contributed by atoms with E-state index in [1.54, 1.807) is 0 Å². The summed E-state index contributed by atoms with van der Waals surface area (Å²) in [6.45, 7) is 6.27. The second-order valence-corrected chi connectivity index (χ2v) is 6.33. The molecule has 0 unspecified atom stereocenters. The van der Waals surface area contributed by atoms with Crippen LogP contribution in [0.1, 0.15) is 24.1 Å². The van der Waals surface area contributed by atoms with E-state index in [1.807, 2.05) is 19.1 Å². The van der Waals surface area contributed by atoms with E-state index < -0.39 is 0 Å². The zero-order valence-electron chi connectivity index (χ0n) is 12.4. The molecule has 1 fully saturated rings. The van der Waals surface area contributed by atoms with Crippen molar-refractivity contribution in [2.24, 2.45) is 0 Å². The van der Waals surface area contributed by atoms with Gasteiger partial charge in [-0.05, 0) is 50.5 Å². The monoisotopic (exact) mass is 346 g/mol. The van der Waals surface area contributed by atoms with E-state index in [1.165, 1.54) is 18.4 Å². The van der Waals surface area contributed by atoms with E-state index in [9.17, 15) is 0 Å². The third-order valence-electron chi connectivity index (χ3n) is 3.68. The summed E-state index contributed by atoms with van der Waals surface area (Å²) in [5, 5.41) is 3.31. The van der Waals surface area contributed by atoms with E-state index in [0.717, 1.165) is 34.8 Å². The minimum absolute atomic E-state index is 0.665. The molecule has 0 amide bonds. The lowest BCUT2D eigenvalue weighted by atomic mass is 10.2. The van der Waals surface area contributed by atoms with Crippen molar-refractivity contribution in [2.75, 3.05) is 23.3 Å². The summed E-state index contributed by atoms with van der Waals surface area (Å²) in [4.78, 5) is 11.5. The molecule has 2 aromatic rings. The van der Waals surface area contributed by atoms with Gasteiger partial charge in [0.15, 0.2) is 0 Å². The SMILES string of the molecule is Cc1cc(N2CCCC2)nc(Nc2ccc(Br)c(C)c2)n1. The molecule has 0 bridgehead atoms. The Kier molecular flexibility index (Phi) is 4.10. The maximum atomic E-state index is 4.65. The fourth-order valence-electron chi connectivity index (χ4n) is 2.57. The number of nitrogens with one attached hydrogen (secondary N) is 1. The molecular formula is C16H19BrN4. The zero-order chi connectivity index (χ0) is 14.8. The van der Waals surface area contributed by atoms with Gasteiger partial charge in [-0.15, -0.1) is 0 Å². The van der Waals surface area contributed by atoms with Crippen LogP contribution in [-0.2, 0) is 0 Å². The molecule has 0 spiro atoms. The lowest BCUT2D eigenvalue weighted by Gasteiger charge is -2.17. The number of rotatable bonds is 3. The summed E-state index contributed by atoms with van der Waals surface area (Å²) in [6, 6.07) is 8.21. The van der Waals surface area contributed by atoms with Crippen molar-refractivity contribution in [1.82, 2.24) is 9.97 Å². The second kappa shape index (κ2) is 6.02. The summed E-state index contributed by atoms with van der Waals surface area (Å²) in [5.41, 5.74) is 3.18. The highest BCUT2D eigenvalue weighted by Crippen LogP contribution is 2.24. The Balaban J connectivity index is 1.85. The Labute approximate surface area is 133 Å². The fraction of sp³-hybridized carbons (Fsp3) is 0.375. The number of halogens is 1. The van der Waals surface area contributed by atoms with Gasteiger partial charge in [0, 0.05) is 35.0 Å². The highest BCUT2D eigenvalue weighted by Gasteiger charge is 2.15. The van der Waals surface area contributed by atoms with Gasteiger partial charge in [-0.2, -0.15) is 4.98 Å². The first-order chi connectivity index (χ1) is 10.1. The Morgan fingerprint density at radius 3 is 2.57 bits per heavy atom. The third kappa shape index (κ3) is 3.35. The predicted molar refractivity (Wildman–Crippen MR) is 90.4 cm³/mol. The maximum Gasteiger partial charge on any atom is 0.229 e. The Morgan fingerprint density at radius 1 is 1.10 bits per heavy atom. The van der Waals surface area contributed by atoms with Gasteiger partial charge in [0.1, 0.15) is 5.82 Å². The Bertz CT molecular complexity index is 651. The number of hydrogen-bond acceptors (Lipinski definition) is 4. The molecule has 1 aromatic heterocycles. The first kappa shape index (κ1) is 14.3. The molecule has 5 heteroatoms. The van der Waals surface area contributed by atoms with Crippen molar-refractivity contribution in [2.45, 2.75) is 26.7 Å². The maximum absolute atomic E-state index is 4.65. The van der Waals surface area contributed by atoms with E-state index in [0.29, 0.717) is 5.95 Å². The van der Waals surface area contributed by atoms with Gasteiger partial charge in [-0.25, -0.2) is 4.98 Å². The summed E-state index contributed by atoms with van der Waals surface area (Å²) < 4.78 is 1.11. The third-order valence-corrected chi connectivity index (χ3v) is 4.57.